The third-order valence-electron chi connectivity index (χ3n) is 3.38. The number of aromatic carboxylic acids is 1. The van der Waals surface area contributed by atoms with Crippen molar-refractivity contribution in [3.8, 4) is 0 Å². The molecule has 1 aromatic carbocycles. The fourth-order valence-electron chi connectivity index (χ4n) is 2.37. The minimum atomic E-state index is -1.34. The molecule has 0 amide bonds. The number of carboxylic acids is 1. The van der Waals surface area contributed by atoms with Crippen molar-refractivity contribution in [2.24, 2.45) is 0 Å². The van der Waals surface area contributed by atoms with Gasteiger partial charge in [0.2, 0.25) is 5.43 Å². The van der Waals surface area contributed by atoms with Crippen LogP contribution in [0, 0.1) is 5.82 Å². The molecular formula is C16H11FN2O3. The maximum atomic E-state index is 13.3. The van der Waals surface area contributed by atoms with Gasteiger partial charge in [0.1, 0.15) is 11.4 Å². The number of H-pyrrole nitrogens is 1. The quantitative estimate of drug-likeness (QED) is 0.777. The first kappa shape index (κ1) is 13.9. The minimum Gasteiger partial charge on any atom is -0.477 e. The first-order chi connectivity index (χ1) is 10.6. The first-order valence-electron chi connectivity index (χ1n) is 6.53. The molecule has 6 heteroatoms. The number of halogens is 1. The summed E-state index contributed by atoms with van der Waals surface area (Å²) in [7, 11) is 0. The lowest BCUT2D eigenvalue weighted by Crippen LogP contribution is -2.20. The molecule has 2 heterocycles. The molecule has 2 N–H and O–H groups in total. The lowest BCUT2D eigenvalue weighted by molar-refractivity contribution is 0.0694. The Morgan fingerprint density at radius 2 is 1.95 bits per heavy atom. The van der Waals surface area contributed by atoms with Gasteiger partial charge in [-0.25, -0.2) is 9.18 Å². The van der Waals surface area contributed by atoms with Crippen molar-refractivity contribution < 1.29 is 14.3 Å². The van der Waals surface area contributed by atoms with Gasteiger partial charge in [0.15, 0.2) is 0 Å². The average molecular weight is 298 g/mol. The molecule has 0 radical (unpaired) electrons. The number of hydrogen-bond donors (Lipinski definition) is 2. The van der Waals surface area contributed by atoms with E-state index < -0.39 is 17.2 Å². The maximum Gasteiger partial charge on any atom is 0.341 e. The number of nitrogens with one attached hydrogen (secondary N) is 1. The van der Waals surface area contributed by atoms with Gasteiger partial charge in [0, 0.05) is 35.4 Å². The van der Waals surface area contributed by atoms with Crippen LogP contribution in [0.15, 0.2) is 47.5 Å². The topological polar surface area (TPSA) is 83.0 Å². The van der Waals surface area contributed by atoms with Crippen LogP contribution >= 0.6 is 0 Å². The second-order valence-electron chi connectivity index (χ2n) is 4.83. The molecule has 5 nitrogen and oxygen atoms in total. The molecule has 0 aliphatic heterocycles. The molecular weight excluding hydrogens is 287 g/mol. The molecule has 2 aromatic heterocycles. The number of aromatic nitrogens is 2. The molecule has 3 rings (SSSR count). The molecule has 0 aliphatic rings. The van der Waals surface area contributed by atoms with E-state index in [9.17, 15) is 19.1 Å². The Kier molecular flexibility index (Phi) is 3.42. The second-order valence-corrected chi connectivity index (χ2v) is 4.83. The summed E-state index contributed by atoms with van der Waals surface area (Å²) in [5.74, 6) is -1.92. The molecule has 0 unspecified atom stereocenters. The number of aromatic amines is 1. The maximum absolute atomic E-state index is 13.3. The van der Waals surface area contributed by atoms with Crippen LogP contribution in [0.3, 0.4) is 0 Å². The number of fused-ring (bicyclic) bond motifs is 1. The van der Waals surface area contributed by atoms with E-state index in [1.54, 1.807) is 24.5 Å². The first-order valence-corrected chi connectivity index (χ1v) is 6.53. The van der Waals surface area contributed by atoms with E-state index in [4.69, 9.17) is 0 Å². The molecule has 22 heavy (non-hydrogen) atoms. The van der Waals surface area contributed by atoms with Gasteiger partial charge in [-0.1, -0.05) is 0 Å². The summed E-state index contributed by atoms with van der Waals surface area (Å²) >= 11 is 0. The van der Waals surface area contributed by atoms with Gasteiger partial charge in [-0.05, 0) is 35.9 Å². The van der Waals surface area contributed by atoms with Crippen LogP contribution in [0.2, 0.25) is 0 Å². The highest BCUT2D eigenvalue weighted by Gasteiger charge is 2.18. The number of carboxylic acid groups (broad SMARTS) is 1. The fourth-order valence-corrected chi connectivity index (χ4v) is 2.37. The summed E-state index contributed by atoms with van der Waals surface area (Å²) in [6.45, 7) is 0. The Morgan fingerprint density at radius 1 is 1.23 bits per heavy atom. The highest BCUT2D eigenvalue weighted by molar-refractivity contribution is 5.94. The van der Waals surface area contributed by atoms with Crippen LogP contribution in [-0.4, -0.2) is 21.0 Å². The fraction of sp³-hybridized carbons (Fsp3) is 0.0625. The Labute approximate surface area is 124 Å². The van der Waals surface area contributed by atoms with E-state index in [-0.39, 0.29) is 23.1 Å². The predicted octanol–water partition coefficient (Wildman–Crippen LogP) is 2.35. The lowest BCUT2D eigenvalue weighted by atomic mass is 10.0. The van der Waals surface area contributed by atoms with Gasteiger partial charge >= 0.3 is 5.97 Å². The molecule has 0 atom stereocenters. The van der Waals surface area contributed by atoms with Crippen LogP contribution in [0.25, 0.3) is 10.9 Å². The standard InChI is InChI=1S/C16H11FN2O3/c17-10-1-2-12-11(8-10)15(20)14(16(21)22)13(19-12)7-9-3-5-18-6-4-9/h1-6,8H,7H2,(H,19,20)(H,21,22). The highest BCUT2D eigenvalue weighted by Crippen LogP contribution is 2.16. The Morgan fingerprint density at radius 3 is 2.64 bits per heavy atom. The van der Waals surface area contributed by atoms with E-state index >= 15 is 0 Å². The zero-order valence-electron chi connectivity index (χ0n) is 11.3. The number of hydrogen-bond acceptors (Lipinski definition) is 3. The van der Waals surface area contributed by atoms with Crippen molar-refractivity contribution in [1.82, 2.24) is 9.97 Å². The van der Waals surface area contributed by atoms with Gasteiger partial charge in [0.05, 0.1) is 0 Å². The number of benzene rings is 1. The molecule has 110 valence electrons. The monoisotopic (exact) mass is 298 g/mol. The van der Waals surface area contributed by atoms with Gasteiger partial charge in [-0.3, -0.25) is 9.78 Å². The van der Waals surface area contributed by atoms with Gasteiger partial charge in [0.25, 0.3) is 0 Å². The van der Waals surface area contributed by atoms with Crippen molar-refractivity contribution >= 4 is 16.9 Å². The summed E-state index contributed by atoms with van der Waals surface area (Å²) in [6, 6.07) is 7.15. The van der Waals surface area contributed by atoms with Crippen molar-refractivity contribution in [3.63, 3.8) is 0 Å². The largest absolute Gasteiger partial charge is 0.477 e. The Balaban J connectivity index is 2.25. The Hall–Kier alpha value is -3.02. The van der Waals surface area contributed by atoms with Crippen LogP contribution in [0.5, 0.6) is 0 Å². The van der Waals surface area contributed by atoms with E-state index in [1.807, 2.05) is 0 Å². The van der Waals surface area contributed by atoms with E-state index in [2.05, 4.69) is 9.97 Å². The summed E-state index contributed by atoms with van der Waals surface area (Å²) < 4.78 is 13.3. The third-order valence-corrected chi connectivity index (χ3v) is 3.38. The molecule has 0 aliphatic carbocycles. The van der Waals surface area contributed by atoms with Gasteiger partial charge < -0.3 is 10.1 Å². The molecule has 0 saturated carbocycles. The summed E-state index contributed by atoms with van der Waals surface area (Å²) in [5, 5.41) is 9.35. The van der Waals surface area contributed by atoms with Gasteiger partial charge in [-0.15, -0.1) is 0 Å². The van der Waals surface area contributed by atoms with Crippen LogP contribution in [0.1, 0.15) is 21.6 Å². The lowest BCUT2D eigenvalue weighted by Gasteiger charge is -2.09. The second kappa shape index (κ2) is 5.40. The summed E-state index contributed by atoms with van der Waals surface area (Å²) in [6.07, 6.45) is 3.42. The molecule has 3 aromatic rings. The average Bonchev–Trinajstić information content (AvgIpc) is 2.49. The number of nitrogens with zero attached hydrogens (tertiary/aromatic N) is 1. The Bertz CT molecular complexity index is 920. The van der Waals surface area contributed by atoms with Crippen molar-refractivity contribution in [1.29, 1.82) is 0 Å². The zero-order chi connectivity index (χ0) is 15.7. The summed E-state index contributed by atoms with van der Waals surface area (Å²) in [4.78, 5) is 30.6. The van der Waals surface area contributed by atoms with Crippen molar-refractivity contribution in [2.75, 3.05) is 0 Å². The predicted molar refractivity (Wildman–Crippen MR) is 78.5 cm³/mol. The third kappa shape index (κ3) is 2.46. The number of carbonyl (C=O) groups is 1. The molecule has 0 bridgehead atoms. The van der Waals surface area contributed by atoms with Crippen molar-refractivity contribution in [2.45, 2.75) is 6.42 Å². The van der Waals surface area contributed by atoms with Crippen LogP contribution in [-0.2, 0) is 6.42 Å². The zero-order valence-corrected chi connectivity index (χ0v) is 11.3. The van der Waals surface area contributed by atoms with E-state index in [0.717, 1.165) is 11.6 Å². The molecule has 0 fully saturated rings. The summed E-state index contributed by atoms with van der Waals surface area (Å²) in [5.41, 5.74) is 0.442. The minimum absolute atomic E-state index is 0.0240. The van der Waals surface area contributed by atoms with Crippen molar-refractivity contribution in [3.05, 3.63) is 75.6 Å². The molecule has 0 spiro atoms. The van der Waals surface area contributed by atoms with Crippen LogP contribution < -0.4 is 5.43 Å². The number of rotatable bonds is 3. The van der Waals surface area contributed by atoms with Crippen LogP contribution in [0.4, 0.5) is 4.39 Å². The smallest absolute Gasteiger partial charge is 0.341 e. The van der Waals surface area contributed by atoms with E-state index in [1.165, 1.54) is 12.1 Å². The molecule has 0 saturated heterocycles. The number of pyridine rings is 2. The van der Waals surface area contributed by atoms with Gasteiger partial charge in [-0.2, -0.15) is 0 Å². The SMILES string of the molecule is O=C(O)c1c(Cc2ccncc2)[nH]c2ccc(F)cc2c1=O. The van der Waals surface area contributed by atoms with E-state index in [0.29, 0.717) is 5.52 Å². The highest BCUT2D eigenvalue weighted by atomic mass is 19.1. The normalized spacial score (nSPS) is 10.8.